The summed E-state index contributed by atoms with van der Waals surface area (Å²) in [5.74, 6) is 0. The Hall–Kier alpha value is -1.40. The van der Waals surface area contributed by atoms with Crippen LogP contribution in [0.4, 0.5) is 5.69 Å². The number of rotatable bonds is 4. The van der Waals surface area contributed by atoms with Crippen LogP contribution in [0.3, 0.4) is 0 Å². The lowest BCUT2D eigenvalue weighted by Gasteiger charge is -2.07. The Bertz CT molecular complexity index is 756. The van der Waals surface area contributed by atoms with Gasteiger partial charge in [0.05, 0.1) is 18.1 Å². The second-order valence-electron chi connectivity index (χ2n) is 5.29. The van der Waals surface area contributed by atoms with E-state index in [0.717, 1.165) is 23.3 Å². The van der Waals surface area contributed by atoms with Crippen LogP contribution in [0.2, 0.25) is 0 Å². The molecular weight excluding hydrogens is 348 g/mol. The summed E-state index contributed by atoms with van der Waals surface area (Å²) in [6.45, 7) is 7.14. The summed E-state index contributed by atoms with van der Waals surface area (Å²) in [4.78, 5) is 7.14. The van der Waals surface area contributed by atoms with E-state index in [-0.39, 0.29) is 0 Å². The average molecular weight is 365 g/mol. The third kappa shape index (κ3) is 2.96. The normalized spacial score (nSPS) is 11.5. The molecule has 0 bridgehead atoms. The molecule has 3 aromatic heterocycles. The highest BCUT2D eigenvalue weighted by Gasteiger charge is 2.08. The minimum atomic E-state index is 0.320. The molecule has 0 spiro atoms. The summed E-state index contributed by atoms with van der Waals surface area (Å²) in [5.41, 5.74) is 1.96. The van der Waals surface area contributed by atoms with Gasteiger partial charge in [0, 0.05) is 32.2 Å². The molecule has 0 amide bonds. The van der Waals surface area contributed by atoms with Crippen molar-refractivity contribution in [2.24, 2.45) is 0 Å². The molecule has 0 saturated heterocycles. The third-order valence-corrected chi connectivity index (χ3v) is 5.43. The van der Waals surface area contributed by atoms with E-state index in [4.69, 9.17) is 0 Å². The molecule has 1 N–H and O–H groups in total. The predicted octanol–water partition coefficient (Wildman–Crippen LogP) is 4.76. The summed E-state index contributed by atoms with van der Waals surface area (Å²) in [6.07, 6.45) is 3.75. The van der Waals surface area contributed by atoms with Crippen molar-refractivity contribution in [3.05, 3.63) is 38.8 Å². The largest absolute Gasteiger partial charge is 0.379 e. The summed E-state index contributed by atoms with van der Waals surface area (Å²) < 4.78 is 3.12. The fourth-order valence-electron chi connectivity index (χ4n) is 2.21. The number of nitrogens with zero attached hydrogens (tertiary/aromatic N) is 3. The second kappa shape index (κ2) is 5.77. The van der Waals surface area contributed by atoms with E-state index in [2.05, 4.69) is 64.2 Å². The first-order valence-electron chi connectivity index (χ1n) is 6.86. The average Bonchev–Trinajstić information content (AvgIpc) is 3.00. The van der Waals surface area contributed by atoms with Crippen molar-refractivity contribution in [1.29, 1.82) is 0 Å². The number of hydrogen-bond donors (Lipinski definition) is 1. The molecule has 0 aromatic carbocycles. The van der Waals surface area contributed by atoms with Gasteiger partial charge in [-0.25, -0.2) is 9.67 Å². The van der Waals surface area contributed by atoms with Gasteiger partial charge in [-0.3, -0.25) is 0 Å². The van der Waals surface area contributed by atoms with Crippen LogP contribution >= 0.6 is 27.3 Å². The van der Waals surface area contributed by atoms with Gasteiger partial charge in [-0.05, 0) is 48.8 Å². The van der Waals surface area contributed by atoms with Crippen LogP contribution in [-0.4, -0.2) is 14.8 Å². The van der Waals surface area contributed by atoms with Crippen LogP contribution < -0.4 is 5.32 Å². The third-order valence-electron chi connectivity index (χ3n) is 3.30. The van der Waals surface area contributed by atoms with E-state index in [1.807, 2.05) is 17.1 Å². The first-order valence-corrected chi connectivity index (χ1v) is 8.47. The maximum atomic E-state index is 4.53. The fraction of sp³-hybridized carbons (Fsp3) is 0.333. The number of aromatic nitrogens is 3. The summed E-state index contributed by atoms with van der Waals surface area (Å²) in [6, 6.07) is 4.58. The van der Waals surface area contributed by atoms with Crippen LogP contribution in [0.15, 0.2) is 29.0 Å². The molecule has 0 atom stereocenters. The zero-order valence-corrected chi connectivity index (χ0v) is 14.6. The second-order valence-corrected chi connectivity index (χ2v) is 7.49. The van der Waals surface area contributed by atoms with Gasteiger partial charge >= 0.3 is 0 Å². The minimum Gasteiger partial charge on any atom is -0.379 e. The molecule has 3 rings (SSSR count). The molecule has 0 fully saturated rings. The number of anilines is 1. The molecule has 0 unspecified atom stereocenters. The Morgan fingerprint density at radius 1 is 1.33 bits per heavy atom. The maximum absolute atomic E-state index is 4.53. The molecule has 0 aliphatic rings. The van der Waals surface area contributed by atoms with Crippen LogP contribution in [-0.2, 0) is 6.54 Å². The van der Waals surface area contributed by atoms with Crippen molar-refractivity contribution in [2.45, 2.75) is 33.4 Å². The van der Waals surface area contributed by atoms with Crippen LogP contribution in [0.25, 0.3) is 11.0 Å². The monoisotopic (exact) mass is 364 g/mol. The van der Waals surface area contributed by atoms with Gasteiger partial charge in [-0.15, -0.1) is 11.3 Å². The van der Waals surface area contributed by atoms with Crippen molar-refractivity contribution >= 4 is 44.0 Å². The highest BCUT2D eigenvalue weighted by molar-refractivity contribution is 9.10. The van der Waals surface area contributed by atoms with Gasteiger partial charge in [-0.2, -0.15) is 5.10 Å². The predicted molar refractivity (Wildman–Crippen MR) is 92.0 cm³/mol. The summed E-state index contributed by atoms with van der Waals surface area (Å²) in [5, 5.41) is 8.88. The number of thiophene rings is 1. The first-order chi connectivity index (χ1) is 10.0. The van der Waals surface area contributed by atoms with E-state index in [1.165, 1.54) is 14.2 Å². The van der Waals surface area contributed by atoms with Crippen LogP contribution in [0, 0.1) is 6.92 Å². The smallest absolute Gasteiger partial charge is 0.158 e. The Labute approximate surface area is 136 Å². The lowest BCUT2D eigenvalue weighted by atomic mass is 10.3. The Kier molecular flexibility index (Phi) is 3.99. The van der Waals surface area contributed by atoms with Crippen LogP contribution in [0.5, 0.6) is 0 Å². The Morgan fingerprint density at radius 2 is 2.14 bits per heavy atom. The van der Waals surface area contributed by atoms with E-state index in [1.54, 1.807) is 11.3 Å². The van der Waals surface area contributed by atoms with Crippen molar-refractivity contribution in [3.8, 4) is 0 Å². The molecule has 0 aliphatic carbocycles. The van der Waals surface area contributed by atoms with E-state index < -0.39 is 0 Å². The lowest BCUT2D eigenvalue weighted by Crippen LogP contribution is -2.03. The van der Waals surface area contributed by atoms with Crippen molar-refractivity contribution in [1.82, 2.24) is 14.8 Å². The molecular formula is C15H17BrN4S. The zero-order chi connectivity index (χ0) is 15.0. The zero-order valence-electron chi connectivity index (χ0n) is 12.2. The number of hydrogen-bond acceptors (Lipinski definition) is 4. The molecule has 3 aromatic rings. The number of pyridine rings is 1. The van der Waals surface area contributed by atoms with Gasteiger partial charge in [-0.1, -0.05) is 0 Å². The Balaban J connectivity index is 1.78. The Morgan fingerprint density at radius 3 is 2.81 bits per heavy atom. The molecule has 0 saturated carbocycles. The molecule has 110 valence electrons. The highest BCUT2D eigenvalue weighted by Crippen LogP contribution is 2.27. The molecule has 6 heteroatoms. The van der Waals surface area contributed by atoms with Gasteiger partial charge in [0.15, 0.2) is 5.65 Å². The van der Waals surface area contributed by atoms with Crippen molar-refractivity contribution in [2.75, 3.05) is 5.32 Å². The summed E-state index contributed by atoms with van der Waals surface area (Å²) in [7, 11) is 0. The molecule has 4 nitrogen and oxygen atoms in total. The maximum Gasteiger partial charge on any atom is 0.158 e. The number of fused-ring (bicyclic) bond motifs is 1. The number of halogens is 1. The molecule has 0 aliphatic heterocycles. The van der Waals surface area contributed by atoms with E-state index in [0.29, 0.717) is 6.04 Å². The number of aryl methyl sites for hydroxylation is 1. The SMILES string of the molecule is Cc1sc(CNc2cnc3c(cnn3C(C)C)c2)cc1Br. The van der Waals surface area contributed by atoms with Gasteiger partial charge < -0.3 is 5.32 Å². The standard InChI is InChI=1S/C15H17BrN4S/c1-9(2)20-15-11(6-19-20)4-12(7-18-15)17-8-13-5-14(16)10(3)21-13/h4-7,9,17H,8H2,1-3H3. The highest BCUT2D eigenvalue weighted by atomic mass is 79.9. The van der Waals surface area contributed by atoms with Crippen molar-refractivity contribution in [3.63, 3.8) is 0 Å². The molecule has 3 heterocycles. The molecule has 21 heavy (non-hydrogen) atoms. The quantitative estimate of drug-likeness (QED) is 0.725. The van der Waals surface area contributed by atoms with Gasteiger partial charge in [0.1, 0.15) is 0 Å². The summed E-state index contributed by atoms with van der Waals surface area (Å²) >= 11 is 5.35. The first kappa shape index (κ1) is 14.5. The van der Waals surface area contributed by atoms with E-state index in [9.17, 15) is 0 Å². The van der Waals surface area contributed by atoms with Crippen LogP contribution in [0.1, 0.15) is 29.6 Å². The van der Waals surface area contributed by atoms with Gasteiger partial charge in [0.25, 0.3) is 0 Å². The topological polar surface area (TPSA) is 42.7 Å². The van der Waals surface area contributed by atoms with Gasteiger partial charge in [0.2, 0.25) is 0 Å². The fourth-order valence-corrected chi connectivity index (χ4v) is 3.75. The lowest BCUT2D eigenvalue weighted by molar-refractivity contribution is 0.546. The minimum absolute atomic E-state index is 0.320. The van der Waals surface area contributed by atoms with E-state index >= 15 is 0 Å². The number of nitrogens with one attached hydrogen (secondary N) is 1. The van der Waals surface area contributed by atoms with Crippen molar-refractivity contribution < 1.29 is 0 Å². The molecule has 0 radical (unpaired) electrons.